The lowest BCUT2D eigenvalue weighted by molar-refractivity contribution is 0.0601. The predicted molar refractivity (Wildman–Crippen MR) is 122 cm³/mol. The van der Waals surface area contributed by atoms with E-state index in [-0.39, 0.29) is 17.7 Å². The van der Waals surface area contributed by atoms with Gasteiger partial charge in [-0.25, -0.2) is 14.2 Å². The number of carbonyl (C=O) groups is 1. The van der Waals surface area contributed by atoms with Crippen LogP contribution in [-0.4, -0.2) is 28.0 Å². The zero-order valence-electron chi connectivity index (χ0n) is 18.3. The largest absolute Gasteiger partial charge is 0.465 e. The van der Waals surface area contributed by atoms with Gasteiger partial charge in [0.05, 0.1) is 29.2 Å². The number of hydrogen-bond donors (Lipinski definition) is 1. The number of aromatic amines is 1. The molecule has 1 saturated carbocycles. The minimum absolute atomic E-state index is 0.214. The Kier molecular flexibility index (Phi) is 5.37. The van der Waals surface area contributed by atoms with Crippen LogP contribution in [0.1, 0.15) is 66.2 Å². The molecule has 1 aliphatic carbocycles. The first-order valence-electron chi connectivity index (χ1n) is 11.2. The van der Waals surface area contributed by atoms with Gasteiger partial charge in [-0.05, 0) is 85.5 Å². The van der Waals surface area contributed by atoms with Crippen LogP contribution in [0.2, 0.25) is 0 Å². The Hall–Kier alpha value is -3.28. The molecule has 1 aliphatic rings. The molecule has 164 valence electrons. The van der Waals surface area contributed by atoms with Gasteiger partial charge < -0.3 is 9.72 Å². The van der Waals surface area contributed by atoms with Crippen molar-refractivity contribution in [2.75, 3.05) is 7.11 Å². The SMILES string of the molecule is COC(=O)c1ccc2[nH]c([C@@H](C)[C@H]3CC[C@@H](c4ccnc5ccc(F)cc54)CC3)nc2c1. The first-order chi connectivity index (χ1) is 15.5. The number of aromatic nitrogens is 3. The lowest BCUT2D eigenvalue weighted by Gasteiger charge is -2.32. The number of benzene rings is 2. The van der Waals surface area contributed by atoms with Gasteiger partial charge in [0.2, 0.25) is 0 Å². The van der Waals surface area contributed by atoms with Crippen molar-refractivity contribution in [3.8, 4) is 0 Å². The van der Waals surface area contributed by atoms with Crippen LogP contribution >= 0.6 is 0 Å². The highest BCUT2D eigenvalue weighted by atomic mass is 19.1. The molecule has 5 rings (SSSR count). The maximum absolute atomic E-state index is 13.9. The average Bonchev–Trinajstić information content (AvgIpc) is 3.26. The lowest BCUT2D eigenvalue weighted by Crippen LogP contribution is -2.19. The normalized spacial score (nSPS) is 19.8. The van der Waals surface area contributed by atoms with Gasteiger partial charge in [0, 0.05) is 17.5 Å². The Balaban J connectivity index is 1.32. The highest BCUT2D eigenvalue weighted by Crippen LogP contribution is 2.43. The van der Waals surface area contributed by atoms with E-state index in [2.05, 4.69) is 16.9 Å². The van der Waals surface area contributed by atoms with E-state index in [0.29, 0.717) is 17.4 Å². The number of carbonyl (C=O) groups excluding carboxylic acids is 1. The summed E-state index contributed by atoms with van der Waals surface area (Å²) in [5, 5.41) is 0.933. The second kappa shape index (κ2) is 8.34. The van der Waals surface area contributed by atoms with Crippen molar-refractivity contribution in [2.24, 2.45) is 5.92 Å². The molecule has 2 aromatic carbocycles. The monoisotopic (exact) mass is 431 g/mol. The molecule has 1 atom stereocenters. The van der Waals surface area contributed by atoms with E-state index in [9.17, 15) is 9.18 Å². The van der Waals surface area contributed by atoms with Crippen LogP contribution in [0.5, 0.6) is 0 Å². The summed E-state index contributed by atoms with van der Waals surface area (Å²) in [5.74, 6) is 1.62. The molecule has 2 heterocycles. The number of nitrogens with one attached hydrogen (secondary N) is 1. The Morgan fingerprint density at radius 2 is 1.91 bits per heavy atom. The third kappa shape index (κ3) is 3.74. The van der Waals surface area contributed by atoms with Gasteiger partial charge in [-0.15, -0.1) is 0 Å². The summed E-state index contributed by atoms with van der Waals surface area (Å²) < 4.78 is 18.7. The minimum atomic E-state index is -0.355. The lowest BCUT2D eigenvalue weighted by atomic mass is 9.73. The predicted octanol–water partition coefficient (Wildman–Crippen LogP) is 6.11. The van der Waals surface area contributed by atoms with Gasteiger partial charge in [-0.3, -0.25) is 4.98 Å². The van der Waals surface area contributed by atoms with Gasteiger partial charge >= 0.3 is 5.97 Å². The molecule has 0 saturated heterocycles. The molecular formula is C26H26FN3O2. The number of imidazole rings is 1. The molecule has 0 aliphatic heterocycles. The summed E-state index contributed by atoms with van der Waals surface area (Å²) in [7, 11) is 1.38. The number of methoxy groups -OCH3 is 1. The van der Waals surface area contributed by atoms with Crippen molar-refractivity contribution in [1.29, 1.82) is 0 Å². The quantitative estimate of drug-likeness (QED) is 0.396. The smallest absolute Gasteiger partial charge is 0.337 e. The number of esters is 1. The average molecular weight is 432 g/mol. The van der Waals surface area contributed by atoms with Crippen LogP contribution < -0.4 is 0 Å². The summed E-state index contributed by atoms with van der Waals surface area (Å²) in [6, 6.07) is 12.3. The van der Waals surface area contributed by atoms with Crippen LogP contribution in [0.4, 0.5) is 4.39 Å². The van der Waals surface area contributed by atoms with Crippen LogP contribution in [0.15, 0.2) is 48.7 Å². The van der Waals surface area contributed by atoms with Gasteiger partial charge in [-0.1, -0.05) is 6.92 Å². The third-order valence-corrected chi connectivity index (χ3v) is 7.01. The summed E-state index contributed by atoms with van der Waals surface area (Å²) >= 11 is 0. The summed E-state index contributed by atoms with van der Waals surface area (Å²) in [6.07, 6.45) is 6.15. The second-order valence-corrected chi connectivity index (χ2v) is 8.81. The van der Waals surface area contributed by atoms with Gasteiger partial charge in [0.25, 0.3) is 0 Å². The van der Waals surface area contributed by atoms with E-state index in [4.69, 9.17) is 9.72 Å². The Morgan fingerprint density at radius 1 is 1.09 bits per heavy atom. The molecule has 4 aromatic rings. The first-order valence-corrected chi connectivity index (χ1v) is 11.2. The fraction of sp³-hybridized carbons (Fsp3) is 0.346. The molecule has 0 amide bonds. The molecule has 2 aromatic heterocycles. The standard InChI is InChI=1S/C26H26FN3O2/c1-15(25-29-23-9-7-18(26(31)32-2)13-24(23)30-25)16-3-5-17(6-4-16)20-11-12-28-22-10-8-19(27)14-21(20)22/h7-17H,3-6H2,1-2H3,(H,29,30)/t15-,16-,17+/m0/s1. The van der Waals surface area contributed by atoms with Crippen molar-refractivity contribution in [1.82, 2.24) is 15.0 Å². The molecule has 0 spiro atoms. The first kappa shape index (κ1) is 20.6. The highest BCUT2D eigenvalue weighted by Gasteiger charge is 2.29. The summed E-state index contributed by atoms with van der Waals surface area (Å²) in [6.45, 7) is 2.22. The molecular weight excluding hydrogens is 405 g/mol. The number of nitrogens with zero attached hydrogens (tertiary/aromatic N) is 2. The molecule has 0 bridgehead atoms. The highest BCUT2D eigenvalue weighted by molar-refractivity contribution is 5.93. The maximum atomic E-state index is 13.9. The van der Waals surface area contributed by atoms with Crippen LogP contribution in [-0.2, 0) is 4.74 Å². The molecule has 1 N–H and O–H groups in total. The summed E-state index contributed by atoms with van der Waals surface area (Å²) in [5.41, 5.74) is 4.28. The zero-order valence-corrected chi connectivity index (χ0v) is 18.3. The molecule has 5 nitrogen and oxygen atoms in total. The van der Waals surface area contributed by atoms with Gasteiger partial charge in [0.1, 0.15) is 11.6 Å². The molecule has 6 heteroatoms. The fourth-order valence-electron chi connectivity index (χ4n) is 5.14. The topological polar surface area (TPSA) is 67.9 Å². The summed E-state index contributed by atoms with van der Waals surface area (Å²) in [4.78, 5) is 24.4. The van der Waals surface area contributed by atoms with Crippen LogP contribution in [0, 0.1) is 11.7 Å². The minimum Gasteiger partial charge on any atom is -0.465 e. The fourth-order valence-corrected chi connectivity index (χ4v) is 5.14. The molecule has 32 heavy (non-hydrogen) atoms. The van der Waals surface area contributed by atoms with E-state index in [1.165, 1.54) is 18.7 Å². The number of H-pyrrole nitrogens is 1. The van der Waals surface area contributed by atoms with E-state index < -0.39 is 0 Å². The van der Waals surface area contributed by atoms with Crippen molar-refractivity contribution < 1.29 is 13.9 Å². The zero-order chi connectivity index (χ0) is 22.2. The van der Waals surface area contributed by atoms with Gasteiger partial charge in [-0.2, -0.15) is 0 Å². The Labute approximate surface area is 186 Å². The molecule has 0 unspecified atom stereocenters. The number of hydrogen-bond acceptors (Lipinski definition) is 4. The Bertz CT molecular complexity index is 1290. The third-order valence-electron chi connectivity index (χ3n) is 7.01. The molecule has 1 fully saturated rings. The number of ether oxygens (including phenoxy) is 1. The number of fused-ring (bicyclic) bond motifs is 2. The van der Waals surface area contributed by atoms with E-state index in [1.54, 1.807) is 24.3 Å². The number of halogens is 1. The number of pyridine rings is 1. The van der Waals surface area contributed by atoms with Gasteiger partial charge in [0.15, 0.2) is 0 Å². The maximum Gasteiger partial charge on any atom is 0.337 e. The second-order valence-electron chi connectivity index (χ2n) is 8.81. The molecule has 0 radical (unpaired) electrons. The van der Waals surface area contributed by atoms with Crippen LogP contribution in [0.3, 0.4) is 0 Å². The van der Waals surface area contributed by atoms with Crippen molar-refractivity contribution in [3.05, 3.63) is 71.4 Å². The van der Waals surface area contributed by atoms with E-state index >= 15 is 0 Å². The number of rotatable bonds is 4. The van der Waals surface area contributed by atoms with Crippen LogP contribution in [0.25, 0.3) is 21.9 Å². The van der Waals surface area contributed by atoms with Crippen molar-refractivity contribution >= 4 is 27.9 Å². The van der Waals surface area contributed by atoms with Crippen molar-refractivity contribution in [3.63, 3.8) is 0 Å². The van der Waals surface area contributed by atoms with E-state index in [0.717, 1.165) is 53.4 Å². The Morgan fingerprint density at radius 3 is 2.69 bits per heavy atom. The van der Waals surface area contributed by atoms with E-state index in [1.807, 2.05) is 18.3 Å². The van der Waals surface area contributed by atoms with Crippen molar-refractivity contribution in [2.45, 2.75) is 44.4 Å².